The third kappa shape index (κ3) is 4.12. The zero-order valence-corrected chi connectivity index (χ0v) is 16.1. The van der Waals surface area contributed by atoms with Gasteiger partial charge in [-0.15, -0.1) is 11.3 Å². The van der Waals surface area contributed by atoms with E-state index in [0.717, 1.165) is 29.1 Å². The van der Waals surface area contributed by atoms with Gasteiger partial charge in [-0.2, -0.15) is 0 Å². The van der Waals surface area contributed by atoms with Gasteiger partial charge < -0.3 is 5.32 Å². The summed E-state index contributed by atoms with van der Waals surface area (Å²) in [5, 5.41) is 5.19. The van der Waals surface area contributed by atoms with E-state index in [0.29, 0.717) is 6.54 Å². The van der Waals surface area contributed by atoms with E-state index in [1.165, 1.54) is 29.7 Å². The Kier molecular flexibility index (Phi) is 5.66. The average Bonchev–Trinajstić information content (AvgIpc) is 3.42. The third-order valence-corrected chi connectivity index (χ3v) is 6.09. The predicted molar refractivity (Wildman–Crippen MR) is 112 cm³/mol. The molecule has 1 saturated heterocycles. The van der Waals surface area contributed by atoms with E-state index in [2.05, 4.69) is 46.6 Å². The quantitative estimate of drug-likeness (QED) is 0.658. The Labute approximate surface area is 164 Å². The molecule has 1 aliphatic heterocycles. The summed E-state index contributed by atoms with van der Waals surface area (Å²) in [5.41, 5.74) is 3.37. The molecule has 138 valence electrons. The van der Waals surface area contributed by atoms with Gasteiger partial charge in [0.15, 0.2) is 0 Å². The molecule has 3 aromatic rings. The van der Waals surface area contributed by atoms with Gasteiger partial charge in [0.2, 0.25) is 0 Å². The van der Waals surface area contributed by atoms with Gasteiger partial charge in [0.25, 0.3) is 5.91 Å². The first-order valence-corrected chi connectivity index (χ1v) is 10.4. The zero-order chi connectivity index (χ0) is 18.5. The Balaban J connectivity index is 1.50. The number of hydrogen-bond donors (Lipinski definition) is 1. The molecule has 1 unspecified atom stereocenters. The fourth-order valence-corrected chi connectivity index (χ4v) is 4.62. The summed E-state index contributed by atoms with van der Waals surface area (Å²) in [6.07, 6.45) is 2.47. The molecule has 3 nitrogen and oxygen atoms in total. The molecule has 1 fully saturated rings. The maximum atomic E-state index is 12.9. The number of benzene rings is 2. The van der Waals surface area contributed by atoms with Gasteiger partial charge in [-0.05, 0) is 48.5 Å². The second kappa shape index (κ2) is 8.51. The van der Waals surface area contributed by atoms with Crippen molar-refractivity contribution in [3.05, 3.63) is 82.6 Å². The molecule has 0 aliphatic carbocycles. The smallest absolute Gasteiger partial charge is 0.262 e. The van der Waals surface area contributed by atoms with Crippen molar-refractivity contribution in [1.82, 2.24) is 10.2 Å². The fourth-order valence-electron chi connectivity index (χ4n) is 3.79. The average molecular weight is 377 g/mol. The van der Waals surface area contributed by atoms with Crippen molar-refractivity contribution < 1.29 is 4.79 Å². The Bertz CT molecular complexity index is 870. The lowest BCUT2D eigenvalue weighted by Crippen LogP contribution is -2.36. The van der Waals surface area contributed by atoms with E-state index in [4.69, 9.17) is 0 Å². The van der Waals surface area contributed by atoms with E-state index in [-0.39, 0.29) is 11.9 Å². The summed E-state index contributed by atoms with van der Waals surface area (Å²) in [6, 6.07) is 22.9. The van der Waals surface area contributed by atoms with Crippen LogP contribution in [0.5, 0.6) is 0 Å². The first-order chi connectivity index (χ1) is 13.3. The monoisotopic (exact) mass is 376 g/mol. The number of thiophene rings is 1. The van der Waals surface area contributed by atoms with Gasteiger partial charge in [0.05, 0.1) is 10.9 Å². The van der Waals surface area contributed by atoms with E-state index in [1.54, 1.807) is 0 Å². The maximum Gasteiger partial charge on any atom is 0.262 e. The number of amides is 1. The number of nitrogens with zero attached hydrogens (tertiary/aromatic N) is 1. The van der Waals surface area contributed by atoms with Crippen molar-refractivity contribution in [3.63, 3.8) is 0 Å². The first kappa shape index (κ1) is 18.0. The SMILES string of the molecule is O=C(NCC(c1ccccc1)N1CCCC1)c1sccc1-c1ccccc1. The molecule has 2 aromatic carbocycles. The Hall–Kier alpha value is -2.43. The van der Waals surface area contributed by atoms with Crippen LogP contribution in [-0.2, 0) is 0 Å². The molecule has 0 bridgehead atoms. The highest BCUT2D eigenvalue weighted by Crippen LogP contribution is 2.29. The number of hydrogen-bond acceptors (Lipinski definition) is 3. The van der Waals surface area contributed by atoms with Crippen LogP contribution in [0, 0.1) is 0 Å². The van der Waals surface area contributed by atoms with Crippen molar-refractivity contribution in [2.24, 2.45) is 0 Å². The highest BCUT2D eigenvalue weighted by molar-refractivity contribution is 7.12. The van der Waals surface area contributed by atoms with Crippen LogP contribution in [0.1, 0.15) is 34.1 Å². The molecule has 1 amide bonds. The minimum atomic E-state index is 0.0176. The van der Waals surface area contributed by atoms with Crippen LogP contribution >= 0.6 is 11.3 Å². The normalized spacial score (nSPS) is 15.6. The Morgan fingerprint density at radius 3 is 2.33 bits per heavy atom. The van der Waals surface area contributed by atoms with Gasteiger partial charge in [-0.25, -0.2) is 0 Å². The van der Waals surface area contributed by atoms with Crippen molar-refractivity contribution in [3.8, 4) is 11.1 Å². The fraction of sp³-hybridized carbons (Fsp3) is 0.261. The summed E-state index contributed by atoms with van der Waals surface area (Å²) in [7, 11) is 0. The van der Waals surface area contributed by atoms with Crippen molar-refractivity contribution >= 4 is 17.2 Å². The topological polar surface area (TPSA) is 32.3 Å². The van der Waals surface area contributed by atoms with Gasteiger partial charge in [0, 0.05) is 12.1 Å². The summed E-state index contributed by atoms with van der Waals surface area (Å²) >= 11 is 1.51. The van der Waals surface area contributed by atoms with Crippen molar-refractivity contribution in [1.29, 1.82) is 0 Å². The highest BCUT2D eigenvalue weighted by atomic mass is 32.1. The van der Waals surface area contributed by atoms with Crippen LogP contribution in [-0.4, -0.2) is 30.4 Å². The lowest BCUT2D eigenvalue weighted by molar-refractivity contribution is 0.0942. The first-order valence-electron chi connectivity index (χ1n) is 9.53. The van der Waals surface area contributed by atoms with E-state index in [9.17, 15) is 4.79 Å². The Morgan fingerprint density at radius 2 is 1.63 bits per heavy atom. The lowest BCUT2D eigenvalue weighted by Gasteiger charge is -2.28. The number of carbonyl (C=O) groups is 1. The molecule has 0 radical (unpaired) electrons. The number of nitrogens with one attached hydrogen (secondary N) is 1. The number of likely N-dealkylation sites (tertiary alicyclic amines) is 1. The minimum Gasteiger partial charge on any atom is -0.349 e. The second-order valence-corrected chi connectivity index (χ2v) is 7.83. The van der Waals surface area contributed by atoms with Crippen molar-refractivity contribution in [2.75, 3.05) is 19.6 Å². The maximum absolute atomic E-state index is 12.9. The molecule has 27 heavy (non-hydrogen) atoms. The van der Waals surface area contributed by atoms with Gasteiger partial charge in [-0.1, -0.05) is 60.7 Å². The van der Waals surface area contributed by atoms with Crippen molar-refractivity contribution in [2.45, 2.75) is 18.9 Å². The molecule has 4 rings (SSSR count). The van der Waals surface area contributed by atoms with Crippen LogP contribution in [0.2, 0.25) is 0 Å². The van der Waals surface area contributed by atoms with Crippen LogP contribution in [0.4, 0.5) is 0 Å². The minimum absolute atomic E-state index is 0.0176. The number of carbonyl (C=O) groups excluding carboxylic acids is 1. The summed E-state index contributed by atoms with van der Waals surface area (Å²) < 4.78 is 0. The van der Waals surface area contributed by atoms with E-state index < -0.39 is 0 Å². The largest absolute Gasteiger partial charge is 0.349 e. The molecular weight excluding hydrogens is 352 g/mol. The molecular formula is C23H24N2OS. The number of rotatable bonds is 6. The molecule has 0 spiro atoms. The third-order valence-electron chi connectivity index (χ3n) is 5.18. The molecule has 1 N–H and O–H groups in total. The molecule has 2 heterocycles. The molecule has 0 saturated carbocycles. The molecule has 1 aliphatic rings. The summed E-state index contributed by atoms with van der Waals surface area (Å²) in [5.74, 6) is 0.0176. The predicted octanol–water partition coefficient (Wildman–Crippen LogP) is 4.98. The van der Waals surface area contributed by atoms with Crippen LogP contribution < -0.4 is 5.32 Å². The van der Waals surface area contributed by atoms with E-state index >= 15 is 0 Å². The highest BCUT2D eigenvalue weighted by Gasteiger charge is 2.24. The van der Waals surface area contributed by atoms with Crippen LogP contribution in [0.15, 0.2) is 72.1 Å². The molecule has 4 heteroatoms. The Morgan fingerprint density at radius 1 is 0.963 bits per heavy atom. The molecule has 1 atom stereocenters. The van der Waals surface area contributed by atoms with Crippen LogP contribution in [0.25, 0.3) is 11.1 Å². The van der Waals surface area contributed by atoms with Gasteiger partial charge in [-0.3, -0.25) is 9.69 Å². The standard InChI is InChI=1S/C23H24N2OS/c26-23(22-20(13-16-27-22)18-9-3-1-4-10-18)24-17-21(25-14-7-8-15-25)19-11-5-2-6-12-19/h1-6,9-13,16,21H,7-8,14-15,17H2,(H,24,26). The zero-order valence-electron chi connectivity index (χ0n) is 15.3. The second-order valence-electron chi connectivity index (χ2n) is 6.91. The molecule has 1 aromatic heterocycles. The van der Waals surface area contributed by atoms with Gasteiger partial charge >= 0.3 is 0 Å². The van der Waals surface area contributed by atoms with Crippen LogP contribution in [0.3, 0.4) is 0 Å². The van der Waals surface area contributed by atoms with E-state index in [1.807, 2.05) is 35.7 Å². The van der Waals surface area contributed by atoms with Gasteiger partial charge in [0.1, 0.15) is 0 Å². The lowest BCUT2D eigenvalue weighted by atomic mass is 10.0. The summed E-state index contributed by atoms with van der Waals surface area (Å²) in [6.45, 7) is 2.84. The summed E-state index contributed by atoms with van der Waals surface area (Å²) in [4.78, 5) is 16.2.